The first-order valence-corrected chi connectivity index (χ1v) is 14.9. The van der Waals surface area contributed by atoms with Crippen molar-refractivity contribution < 1.29 is 33.2 Å². The van der Waals surface area contributed by atoms with Gasteiger partial charge in [-0.05, 0) is 62.4 Å². The molecule has 4 N–H and O–H groups in total. The van der Waals surface area contributed by atoms with Gasteiger partial charge in [0.15, 0.2) is 17.6 Å². The maximum atomic E-state index is 14.6. The lowest BCUT2D eigenvalue weighted by Gasteiger charge is -2.36. The van der Waals surface area contributed by atoms with Gasteiger partial charge in [0.1, 0.15) is 23.2 Å². The molecule has 12 nitrogen and oxygen atoms in total. The van der Waals surface area contributed by atoms with Crippen LogP contribution >= 0.6 is 0 Å². The SMILES string of the molecule is Cc1ccc(CNC(=O)[C@H](Cc2cccc(N(C)C(=O)C(C#N)=CC(C)C)c2)N[C@](C=O)(NC(=O)c2cc(C)on2)[C@@H](C)O)c(F)c1. The predicted molar refractivity (Wildman–Crippen MR) is 171 cm³/mol. The molecule has 0 bridgehead atoms. The Morgan fingerprint density at radius 3 is 2.45 bits per heavy atom. The molecule has 0 fully saturated rings. The molecule has 3 amide bonds. The molecule has 1 aromatic heterocycles. The van der Waals surface area contributed by atoms with Gasteiger partial charge in [-0.1, -0.05) is 49.3 Å². The van der Waals surface area contributed by atoms with Gasteiger partial charge in [0.25, 0.3) is 11.8 Å². The number of amides is 3. The average molecular weight is 647 g/mol. The summed E-state index contributed by atoms with van der Waals surface area (Å²) >= 11 is 0. The van der Waals surface area contributed by atoms with Crippen LogP contribution < -0.4 is 20.9 Å². The Hall–Kier alpha value is -5.19. The number of likely N-dealkylation sites (N-methyl/N-ethyl adjacent to an activating group) is 1. The molecule has 3 rings (SSSR count). The molecular weight excluding hydrogens is 607 g/mol. The lowest BCUT2D eigenvalue weighted by molar-refractivity contribution is -0.126. The molecule has 0 saturated heterocycles. The first kappa shape index (κ1) is 36.3. The largest absolute Gasteiger partial charge is 0.389 e. The van der Waals surface area contributed by atoms with Gasteiger partial charge in [-0.25, -0.2) is 4.39 Å². The number of aryl methyl sites for hydroxylation is 2. The second-order valence-corrected chi connectivity index (χ2v) is 11.6. The minimum atomic E-state index is -2.17. The number of allylic oxidation sites excluding steroid dienone is 1. The number of carbonyl (C=O) groups is 4. The van der Waals surface area contributed by atoms with E-state index in [1.807, 2.05) is 19.9 Å². The molecule has 0 aliphatic heterocycles. The van der Waals surface area contributed by atoms with Gasteiger partial charge in [-0.2, -0.15) is 5.26 Å². The summed E-state index contributed by atoms with van der Waals surface area (Å²) in [6, 6.07) is 13.2. The van der Waals surface area contributed by atoms with Crippen molar-refractivity contribution in [2.45, 2.75) is 65.4 Å². The number of halogens is 1. The summed E-state index contributed by atoms with van der Waals surface area (Å²) < 4.78 is 19.5. The molecule has 2 aromatic carbocycles. The normalized spacial score (nSPS) is 14.0. The van der Waals surface area contributed by atoms with Crippen LogP contribution in [-0.4, -0.2) is 59.1 Å². The summed E-state index contributed by atoms with van der Waals surface area (Å²) in [5.41, 5.74) is -0.491. The van der Waals surface area contributed by atoms with Crippen molar-refractivity contribution in [3.8, 4) is 6.07 Å². The first-order valence-electron chi connectivity index (χ1n) is 14.9. The van der Waals surface area contributed by atoms with Crippen LogP contribution in [0.2, 0.25) is 0 Å². The molecule has 3 aromatic rings. The number of benzene rings is 2. The molecule has 0 unspecified atom stereocenters. The van der Waals surface area contributed by atoms with Crippen molar-refractivity contribution in [1.82, 2.24) is 21.1 Å². The number of aliphatic hydroxyl groups excluding tert-OH is 1. The summed E-state index contributed by atoms with van der Waals surface area (Å²) in [6.07, 6.45) is 0.185. The number of anilines is 1. The molecule has 13 heteroatoms. The molecule has 248 valence electrons. The standard InChI is InChI=1S/C34H39FN6O6/c1-20(2)12-26(17-36)33(46)41(6)27-9-7-8-24(15-27)16-29(31(44)37-18-25-11-10-21(3)13-28(25)35)38-34(19-42,23(5)43)39-32(45)30-14-22(4)47-40-30/h7-15,19-20,23,29,38,43H,16,18H2,1-6H3,(H,37,44)(H,39,45)/t23-,29+,34-/m1/s1. The van der Waals surface area contributed by atoms with E-state index in [0.29, 0.717) is 22.6 Å². The van der Waals surface area contributed by atoms with E-state index in [-0.39, 0.29) is 42.0 Å². The number of hydrogen-bond donors (Lipinski definition) is 4. The van der Waals surface area contributed by atoms with E-state index in [1.54, 1.807) is 56.3 Å². The fourth-order valence-corrected chi connectivity index (χ4v) is 4.66. The Labute approximate surface area is 272 Å². The third-order valence-corrected chi connectivity index (χ3v) is 7.31. The second-order valence-electron chi connectivity index (χ2n) is 11.6. The molecule has 0 spiro atoms. The number of aldehydes is 1. The molecule has 0 radical (unpaired) electrons. The zero-order chi connectivity index (χ0) is 34.9. The summed E-state index contributed by atoms with van der Waals surface area (Å²) in [6.45, 7) is 8.06. The maximum absolute atomic E-state index is 14.6. The van der Waals surface area contributed by atoms with E-state index in [9.17, 15) is 33.9 Å². The smallest absolute Gasteiger partial charge is 0.275 e. The minimum Gasteiger partial charge on any atom is -0.389 e. The fourth-order valence-electron chi connectivity index (χ4n) is 4.66. The van der Waals surface area contributed by atoms with E-state index >= 15 is 0 Å². The Kier molecular flexibility index (Phi) is 12.3. The Bertz CT molecular complexity index is 1690. The first-order chi connectivity index (χ1) is 22.2. The van der Waals surface area contributed by atoms with Crippen LogP contribution in [0.15, 0.2) is 64.7 Å². The predicted octanol–water partition coefficient (Wildman–Crippen LogP) is 3.02. The van der Waals surface area contributed by atoms with E-state index in [0.717, 1.165) is 0 Å². The average Bonchev–Trinajstić information content (AvgIpc) is 3.47. The van der Waals surface area contributed by atoms with Gasteiger partial charge in [0.2, 0.25) is 5.91 Å². The van der Waals surface area contributed by atoms with E-state index < -0.39 is 41.3 Å². The molecule has 3 atom stereocenters. The zero-order valence-electron chi connectivity index (χ0n) is 27.1. The summed E-state index contributed by atoms with van der Waals surface area (Å²) in [7, 11) is 1.51. The number of aliphatic hydroxyl groups is 1. The number of nitriles is 1. The van der Waals surface area contributed by atoms with E-state index in [2.05, 4.69) is 21.1 Å². The highest BCUT2D eigenvalue weighted by Crippen LogP contribution is 2.20. The van der Waals surface area contributed by atoms with Crippen LogP contribution in [-0.2, 0) is 27.3 Å². The van der Waals surface area contributed by atoms with E-state index in [4.69, 9.17) is 4.52 Å². The van der Waals surface area contributed by atoms with Crippen molar-refractivity contribution in [3.63, 3.8) is 0 Å². The van der Waals surface area contributed by atoms with Gasteiger partial charge in [-0.3, -0.25) is 24.5 Å². The number of nitrogens with one attached hydrogen (secondary N) is 3. The van der Waals surface area contributed by atoms with Gasteiger partial charge in [-0.15, -0.1) is 0 Å². The highest BCUT2D eigenvalue weighted by molar-refractivity contribution is 6.08. The van der Waals surface area contributed by atoms with Crippen LogP contribution in [0.25, 0.3) is 0 Å². The summed E-state index contributed by atoms with van der Waals surface area (Å²) in [4.78, 5) is 53.6. The topological polar surface area (TPSA) is 178 Å². The summed E-state index contributed by atoms with van der Waals surface area (Å²) in [5, 5.41) is 31.8. The fraction of sp³-hybridized carbons (Fsp3) is 0.353. The van der Waals surface area contributed by atoms with Crippen LogP contribution in [0.3, 0.4) is 0 Å². The summed E-state index contributed by atoms with van der Waals surface area (Å²) in [5.74, 6) is -2.26. The number of carbonyl (C=O) groups excluding carboxylic acids is 4. The number of aromatic nitrogens is 1. The molecule has 0 aliphatic carbocycles. The van der Waals surface area contributed by atoms with Crippen molar-refractivity contribution >= 4 is 29.7 Å². The Morgan fingerprint density at radius 2 is 1.87 bits per heavy atom. The molecule has 47 heavy (non-hydrogen) atoms. The van der Waals surface area contributed by atoms with Crippen molar-refractivity contribution in [2.75, 3.05) is 11.9 Å². The van der Waals surface area contributed by atoms with Crippen LogP contribution in [0, 0.1) is 36.9 Å². The third kappa shape index (κ3) is 9.41. The van der Waals surface area contributed by atoms with Gasteiger partial charge in [0.05, 0.1) is 12.1 Å². The van der Waals surface area contributed by atoms with Crippen LogP contribution in [0.4, 0.5) is 10.1 Å². The lowest BCUT2D eigenvalue weighted by Crippen LogP contribution is -2.70. The van der Waals surface area contributed by atoms with E-state index in [1.165, 1.54) is 31.0 Å². The van der Waals surface area contributed by atoms with Gasteiger partial charge in [0, 0.05) is 30.9 Å². The highest BCUT2D eigenvalue weighted by Gasteiger charge is 2.41. The molecule has 0 aliphatic rings. The third-order valence-electron chi connectivity index (χ3n) is 7.31. The second kappa shape index (κ2) is 15.9. The van der Waals surface area contributed by atoms with Crippen LogP contribution in [0.1, 0.15) is 53.7 Å². The monoisotopic (exact) mass is 646 g/mol. The Morgan fingerprint density at radius 1 is 1.15 bits per heavy atom. The van der Waals surface area contributed by atoms with Crippen molar-refractivity contribution in [3.05, 3.63) is 94.1 Å². The van der Waals surface area contributed by atoms with Crippen molar-refractivity contribution in [2.24, 2.45) is 5.92 Å². The van der Waals surface area contributed by atoms with Crippen molar-refractivity contribution in [1.29, 1.82) is 5.26 Å². The minimum absolute atomic E-state index is 0.0269. The lowest BCUT2D eigenvalue weighted by atomic mass is 9.98. The zero-order valence-corrected chi connectivity index (χ0v) is 27.1. The van der Waals surface area contributed by atoms with Gasteiger partial charge < -0.3 is 25.2 Å². The molecule has 1 heterocycles. The quantitative estimate of drug-likeness (QED) is 0.0887. The molecular formula is C34H39FN6O6. The molecule has 0 saturated carbocycles. The van der Waals surface area contributed by atoms with Crippen LogP contribution in [0.5, 0.6) is 0 Å². The highest BCUT2D eigenvalue weighted by atomic mass is 19.1. The number of hydrogen-bond acceptors (Lipinski definition) is 9. The number of rotatable bonds is 14. The van der Waals surface area contributed by atoms with Gasteiger partial charge >= 0.3 is 0 Å². The Balaban J connectivity index is 1.97. The number of nitrogens with zero attached hydrogens (tertiary/aromatic N) is 3. The maximum Gasteiger partial charge on any atom is 0.275 e.